The third-order valence-electron chi connectivity index (χ3n) is 2.30. The molecule has 0 spiro atoms. The summed E-state index contributed by atoms with van der Waals surface area (Å²) >= 11 is 0. The van der Waals surface area contributed by atoms with Crippen molar-refractivity contribution in [2.24, 2.45) is 0 Å². The summed E-state index contributed by atoms with van der Waals surface area (Å²) < 4.78 is 66.9. The van der Waals surface area contributed by atoms with E-state index in [2.05, 4.69) is 0 Å². The van der Waals surface area contributed by atoms with Crippen LogP contribution in [0.4, 0.5) is 0 Å². The number of fused-ring (bicyclic) bond motifs is 1. The molecule has 0 saturated heterocycles. The van der Waals surface area contributed by atoms with Crippen molar-refractivity contribution < 1.29 is 30.7 Å². The molecule has 7 nitrogen and oxygen atoms in total. The highest BCUT2D eigenvalue weighted by Gasteiger charge is 2.27. The van der Waals surface area contributed by atoms with Crippen LogP contribution < -0.4 is 4.74 Å². The van der Waals surface area contributed by atoms with Gasteiger partial charge in [-0.3, -0.25) is 9.11 Å². The lowest BCUT2D eigenvalue weighted by atomic mass is 10.2. The minimum Gasteiger partial charge on any atom is -0.491 e. The molecule has 2 rings (SSSR count). The molecule has 0 amide bonds. The van der Waals surface area contributed by atoms with E-state index in [1.807, 2.05) is 0 Å². The quantitative estimate of drug-likeness (QED) is 0.738. The van der Waals surface area contributed by atoms with Crippen LogP contribution in [0, 0.1) is 0 Å². The number of hydrogen-bond donors (Lipinski definition) is 2. The van der Waals surface area contributed by atoms with E-state index in [1.54, 1.807) is 0 Å². The van der Waals surface area contributed by atoms with Gasteiger partial charge in [-0.1, -0.05) is 0 Å². The Hall–Kier alpha value is -1.16. The van der Waals surface area contributed by atoms with Gasteiger partial charge in [-0.25, -0.2) is 0 Å². The van der Waals surface area contributed by atoms with Crippen molar-refractivity contribution in [3.63, 3.8) is 0 Å². The molecule has 1 aromatic rings. The van der Waals surface area contributed by atoms with Crippen LogP contribution in [0.25, 0.3) is 0 Å². The van der Waals surface area contributed by atoms with Crippen LogP contribution in [0.2, 0.25) is 0 Å². The summed E-state index contributed by atoms with van der Waals surface area (Å²) in [5.74, 6) is -0.0695. The van der Waals surface area contributed by atoms with Crippen LogP contribution in [-0.4, -0.2) is 32.5 Å². The van der Waals surface area contributed by atoms with Gasteiger partial charge < -0.3 is 4.74 Å². The Bertz CT molecular complexity index is 672. The van der Waals surface area contributed by atoms with E-state index in [-0.39, 0.29) is 12.4 Å². The van der Waals surface area contributed by atoms with E-state index in [0.29, 0.717) is 18.1 Å². The maximum absolute atomic E-state index is 11.1. The number of hydrogen-bond acceptors (Lipinski definition) is 5. The molecule has 0 unspecified atom stereocenters. The first kappa shape index (κ1) is 12.3. The van der Waals surface area contributed by atoms with Crippen molar-refractivity contribution in [3.8, 4) is 5.75 Å². The van der Waals surface area contributed by atoms with Gasteiger partial charge in [0.05, 0.1) is 11.5 Å². The van der Waals surface area contributed by atoms with Crippen LogP contribution in [0.15, 0.2) is 21.9 Å². The predicted octanol–water partition coefficient (Wildman–Crippen LogP) is 0.115. The smallest absolute Gasteiger partial charge is 0.298 e. The van der Waals surface area contributed by atoms with Gasteiger partial charge in [-0.15, -0.1) is 0 Å². The van der Waals surface area contributed by atoms with E-state index in [4.69, 9.17) is 13.8 Å². The van der Waals surface area contributed by atoms with Gasteiger partial charge in [0.15, 0.2) is 0 Å². The molecule has 0 fully saturated rings. The number of rotatable bonds is 2. The van der Waals surface area contributed by atoms with Gasteiger partial charge in [0.1, 0.15) is 10.6 Å². The molecule has 1 aliphatic rings. The fraction of sp³-hybridized carbons (Fsp3) is 0.250. The SMILES string of the molecule is O=S(=O)(O)c1cc2c(c(S(=O)(=O)O)c1)OCC2. The van der Waals surface area contributed by atoms with Crippen molar-refractivity contribution >= 4 is 20.2 Å². The van der Waals surface area contributed by atoms with E-state index >= 15 is 0 Å². The van der Waals surface area contributed by atoms with Gasteiger partial charge in [-0.05, 0) is 12.1 Å². The second kappa shape index (κ2) is 3.67. The van der Waals surface area contributed by atoms with Gasteiger partial charge in [-0.2, -0.15) is 16.8 Å². The molecule has 2 N–H and O–H groups in total. The van der Waals surface area contributed by atoms with Crippen LogP contribution in [0.5, 0.6) is 5.75 Å². The Morgan fingerprint density at radius 2 is 1.71 bits per heavy atom. The first-order chi connectivity index (χ1) is 7.69. The zero-order valence-corrected chi connectivity index (χ0v) is 9.95. The van der Waals surface area contributed by atoms with E-state index in [1.165, 1.54) is 0 Å². The van der Waals surface area contributed by atoms with E-state index < -0.39 is 30.0 Å². The molecule has 0 bridgehead atoms. The summed E-state index contributed by atoms with van der Waals surface area (Å²) in [6.45, 7) is 0.187. The molecule has 1 aliphatic heterocycles. The summed E-state index contributed by atoms with van der Waals surface area (Å²) in [4.78, 5) is -1.24. The molecule has 9 heteroatoms. The van der Waals surface area contributed by atoms with Crippen LogP contribution >= 0.6 is 0 Å². The predicted molar refractivity (Wildman–Crippen MR) is 55.3 cm³/mol. The van der Waals surface area contributed by atoms with Gasteiger partial charge in [0.2, 0.25) is 0 Å². The largest absolute Gasteiger partial charge is 0.491 e. The molecule has 17 heavy (non-hydrogen) atoms. The van der Waals surface area contributed by atoms with Crippen molar-refractivity contribution in [1.29, 1.82) is 0 Å². The average Bonchev–Trinajstić information content (AvgIpc) is 2.59. The monoisotopic (exact) mass is 280 g/mol. The number of ether oxygens (including phenoxy) is 1. The third-order valence-corrected chi connectivity index (χ3v) is 3.99. The second-order valence-corrected chi connectivity index (χ2v) is 6.27. The van der Waals surface area contributed by atoms with Crippen molar-refractivity contribution in [3.05, 3.63) is 17.7 Å². The van der Waals surface area contributed by atoms with E-state index in [0.717, 1.165) is 6.07 Å². The molecular weight excluding hydrogens is 272 g/mol. The zero-order chi connectivity index (χ0) is 12.8. The molecule has 1 aromatic carbocycles. The molecular formula is C8H8O7S2. The normalized spacial score (nSPS) is 15.4. The van der Waals surface area contributed by atoms with Crippen LogP contribution in [0.1, 0.15) is 5.56 Å². The zero-order valence-electron chi connectivity index (χ0n) is 8.32. The molecule has 0 saturated carbocycles. The molecule has 94 valence electrons. The standard InChI is InChI=1S/C8H8O7S2/c9-16(10,11)6-3-5-1-2-15-8(5)7(4-6)17(12,13)14/h3-4H,1-2H2,(H,9,10,11)(H,12,13,14). The van der Waals surface area contributed by atoms with Gasteiger partial charge in [0, 0.05) is 12.0 Å². The molecule has 0 aromatic heterocycles. The Morgan fingerprint density at radius 3 is 2.24 bits per heavy atom. The summed E-state index contributed by atoms with van der Waals surface area (Å²) in [5, 5.41) is 0. The van der Waals surface area contributed by atoms with Gasteiger partial charge in [0.25, 0.3) is 20.2 Å². The average molecular weight is 280 g/mol. The summed E-state index contributed by atoms with van der Waals surface area (Å²) in [6, 6.07) is 1.78. The summed E-state index contributed by atoms with van der Waals surface area (Å²) in [5.41, 5.74) is 0.313. The Labute approximate surface area is 97.5 Å². The molecule has 0 radical (unpaired) electrons. The van der Waals surface area contributed by atoms with E-state index in [9.17, 15) is 16.8 Å². The number of benzene rings is 1. The Morgan fingerprint density at radius 1 is 1.06 bits per heavy atom. The topological polar surface area (TPSA) is 118 Å². The Balaban J connectivity index is 2.80. The lowest BCUT2D eigenvalue weighted by molar-refractivity contribution is 0.346. The first-order valence-corrected chi connectivity index (χ1v) is 7.32. The molecule has 0 atom stereocenters. The van der Waals surface area contributed by atoms with Crippen LogP contribution in [0.3, 0.4) is 0 Å². The van der Waals surface area contributed by atoms with Crippen molar-refractivity contribution in [2.75, 3.05) is 6.61 Å². The maximum atomic E-state index is 11.1. The minimum atomic E-state index is -4.61. The van der Waals surface area contributed by atoms with Crippen molar-refractivity contribution in [2.45, 2.75) is 16.2 Å². The fourth-order valence-corrected chi connectivity index (χ4v) is 2.92. The lowest BCUT2D eigenvalue weighted by Gasteiger charge is -2.07. The highest BCUT2D eigenvalue weighted by molar-refractivity contribution is 7.86. The minimum absolute atomic E-state index is 0.0695. The maximum Gasteiger partial charge on any atom is 0.298 e. The third kappa shape index (κ3) is 2.27. The fourth-order valence-electron chi connectivity index (χ4n) is 1.59. The summed E-state index contributed by atoms with van der Waals surface area (Å²) in [7, 11) is -9.15. The van der Waals surface area contributed by atoms with Crippen molar-refractivity contribution in [1.82, 2.24) is 0 Å². The van der Waals surface area contributed by atoms with Crippen LogP contribution in [-0.2, 0) is 26.7 Å². The molecule has 0 aliphatic carbocycles. The first-order valence-electron chi connectivity index (χ1n) is 4.44. The molecule has 1 heterocycles. The van der Waals surface area contributed by atoms with Gasteiger partial charge >= 0.3 is 0 Å². The highest BCUT2D eigenvalue weighted by Crippen LogP contribution is 2.35. The highest BCUT2D eigenvalue weighted by atomic mass is 32.2. The Kier molecular flexibility index (Phi) is 2.65. The second-order valence-electron chi connectivity index (χ2n) is 3.46. The lowest BCUT2D eigenvalue weighted by Crippen LogP contribution is -2.05. The summed E-state index contributed by atoms with van der Waals surface area (Å²) in [6.07, 6.45) is 0.307.